The maximum atomic E-state index is 13.4. The van der Waals surface area contributed by atoms with Gasteiger partial charge in [-0.05, 0) is 41.8 Å². The van der Waals surface area contributed by atoms with Gasteiger partial charge >= 0.3 is 0 Å². The van der Waals surface area contributed by atoms with Gasteiger partial charge < -0.3 is 0 Å². The molecule has 1 aliphatic carbocycles. The smallest absolute Gasteiger partial charge is 0.149 e. The SMILES string of the molecule is O=C(CN1CCc2sccc2C1c1ccccc1)C1CCCCCCCCCC1. The van der Waals surface area contributed by atoms with Crippen LogP contribution in [0.3, 0.4) is 0 Å². The van der Waals surface area contributed by atoms with Crippen molar-refractivity contribution in [2.45, 2.75) is 76.7 Å². The Morgan fingerprint density at radius 3 is 2.24 bits per heavy atom. The van der Waals surface area contributed by atoms with E-state index in [4.69, 9.17) is 0 Å². The van der Waals surface area contributed by atoms with Gasteiger partial charge in [-0.15, -0.1) is 11.3 Å². The second kappa shape index (κ2) is 10.5. The molecule has 2 heterocycles. The van der Waals surface area contributed by atoms with Crippen molar-refractivity contribution in [3.8, 4) is 0 Å². The van der Waals surface area contributed by atoms with Crippen LogP contribution >= 0.6 is 11.3 Å². The van der Waals surface area contributed by atoms with Crippen LogP contribution < -0.4 is 0 Å². The lowest BCUT2D eigenvalue weighted by Crippen LogP contribution is -2.40. The lowest BCUT2D eigenvalue weighted by atomic mass is 9.89. The number of nitrogens with zero attached hydrogens (tertiary/aromatic N) is 1. The highest BCUT2D eigenvalue weighted by molar-refractivity contribution is 7.10. The van der Waals surface area contributed by atoms with E-state index in [2.05, 4.69) is 46.7 Å². The third-order valence-electron chi connectivity index (χ3n) is 6.85. The monoisotopic (exact) mass is 409 g/mol. The fraction of sp³-hybridized carbons (Fsp3) is 0.577. The van der Waals surface area contributed by atoms with Crippen molar-refractivity contribution in [2.75, 3.05) is 13.1 Å². The van der Waals surface area contributed by atoms with Crippen molar-refractivity contribution in [3.63, 3.8) is 0 Å². The van der Waals surface area contributed by atoms with Gasteiger partial charge in [0.05, 0.1) is 12.6 Å². The van der Waals surface area contributed by atoms with Crippen molar-refractivity contribution in [1.29, 1.82) is 0 Å². The number of carbonyl (C=O) groups is 1. The van der Waals surface area contributed by atoms with Crippen molar-refractivity contribution in [3.05, 3.63) is 57.8 Å². The van der Waals surface area contributed by atoms with Crippen LogP contribution in [-0.2, 0) is 11.2 Å². The molecular weight excluding hydrogens is 374 g/mol. The summed E-state index contributed by atoms with van der Waals surface area (Å²) in [5.74, 6) is 0.761. The van der Waals surface area contributed by atoms with E-state index in [9.17, 15) is 4.79 Å². The Balaban J connectivity index is 1.48. The van der Waals surface area contributed by atoms with E-state index in [0.29, 0.717) is 12.3 Å². The number of benzene rings is 1. The zero-order valence-electron chi connectivity index (χ0n) is 17.7. The molecule has 1 atom stereocenters. The number of ketones is 1. The maximum Gasteiger partial charge on any atom is 0.149 e. The fourth-order valence-electron chi connectivity index (χ4n) is 5.20. The minimum Gasteiger partial charge on any atom is -0.298 e. The molecule has 29 heavy (non-hydrogen) atoms. The molecule has 2 aliphatic rings. The van der Waals surface area contributed by atoms with E-state index in [0.717, 1.165) is 25.8 Å². The topological polar surface area (TPSA) is 20.3 Å². The van der Waals surface area contributed by atoms with Crippen LogP contribution in [0.25, 0.3) is 0 Å². The first-order valence-electron chi connectivity index (χ1n) is 11.7. The molecule has 1 aromatic heterocycles. The molecule has 1 saturated carbocycles. The number of rotatable bonds is 4. The minimum atomic E-state index is 0.234. The normalized spacial score (nSPS) is 22.6. The van der Waals surface area contributed by atoms with Gasteiger partial charge in [-0.25, -0.2) is 0 Å². The zero-order valence-corrected chi connectivity index (χ0v) is 18.5. The molecule has 1 unspecified atom stereocenters. The Bertz CT molecular complexity index is 756. The summed E-state index contributed by atoms with van der Waals surface area (Å²) in [7, 11) is 0. The summed E-state index contributed by atoms with van der Waals surface area (Å²) >= 11 is 1.87. The van der Waals surface area contributed by atoms with Gasteiger partial charge in [-0.3, -0.25) is 9.69 Å². The molecule has 0 radical (unpaired) electrons. The van der Waals surface area contributed by atoms with Gasteiger partial charge in [0, 0.05) is 17.3 Å². The summed E-state index contributed by atoms with van der Waals surface area (Å²) in [6.45, 7) is 1.60. The largest absolute Gasteiger partial charge is 0.298 e. The van der Waals surface area contributed by atoms with Gasteiger partial charge in [0.15, 0.2) is 0 Å². The summed E-state index contributed by atoms with van der Waals surface area (Å²) in [5.41, 5.74) is 2.74. The van der Waals surface area contributed by atoms with Crippen molar-refractivity contribution < 1.29 is 4.79 Å². The highest BCUT2D eigenvalue weighted by Crippen LogP contribution is 2.38. The number of thiophene rings is 1. The average molecular weight is 410 g/mol. The molecule has 156 valence electrons. The predicted molar refractivity (Wildman–Crippen MR) is 123 cm³/mol. The van der Waals surface area contributed by atoms with E-state index >= 15 is 0 Å². The van der Waals surface area contributed by atoms with Crippen LogP contribution in [0.15, 0.2) is 41.8 Å². The Morgan fingerprint density at radius 1 is 0.897 bits per heavy atom. The Kier molecular flexibility index (Phi) is 7.56. The Labute approximate surface area is 180 Å². The molecular formula is C26H35NOS. The zero-order chi connectivity index (χ0) is 19.9. The molecule has 0 spiro atoms. The maximum absolute atomic E-state index is 13.4. The number of fused-ring (bicyclic) bond motifs is 1. The summed E-state index contributed by atoms with van der Waals surface area (Å²) in [4.78, 5) is 17.4. The molecule has 2 nitrogen and oxygen atoms in total. The van der Waals surface area contributed by atoms with E-state index in [-0.39, 0.29) is 12.0 Å². The van der Waals surface area contributed by atoms with Crippen LogP contribution in [0.2, 0.25) is 0 Å². The summed E-state index contributed by atoms with van der Waals surface area (Å²) in [6.07, 6.45) is 13.8. The first-order valence-corrected chi connectivity index (χ1v) is 12.6. The number of Topliss-reactive ketones (excluding diaryl/α,β-unsaturated/α-hetero) is 1. The van der Waals surface area contributed by atoms with E-state index in [1.165, 1.54) is 67.4 Å². The molecule has 0 saturated heterocycles. The Hall–Kier alpha value is -1.45. The second-order valence-electron chi connectivity index (χ2n) is 8.90. The predicted octanol–water partition coefficient (Wildman–Crippen LogP) is 6.80. The highest BCUT2D eigenvalue weighted by atomic mass is 32.1. The van der Waals surface area contributed by atoms with Crippen molar-refractivity contribution in [2.24, 2.45) is 5.92 Å². The van der Waals surface area contributed by atoms with E-state index in [1.807, 2.05) is 11.3 Å². The van der Waals surface area contributed by atoms with Gasteiger partial charge in [-0.2, -0.15) is 0 Å². The second-order valence-corrected chi connectivity index (χ2v) is 9.90. The molecule has 1 aromatic carbocycles. The molecule has 2 aromatic rings. The van der Waals surface area contributed by atoms with Gasteiger partial charge in [-0.1, -0.05) is 81.7 Å². The number of hydrogen-bond donors (Lipinski definition) is 0. The van der Waals surface area contributed by atoms with Crippen LogP contribution in [0.1, 0.15) is 86.3 Å². The van der Waals surface area contributed by atoms with E-state index in [1.54, 1.807) is 0 Å². The van der Waals surface area contributed by atoms with Crippen molar-refractivity contribution in [1.82, 2.24) is 4.90 Å². The van der Waals surface area contributed by atoms with Crippen LogP contribution in [0.4, 0.5) is 0 Å². The molecule has 1 fully saturated rings. The standard InChI is InChI=1S/C26H35NOS/c28-24(21-12-8-5-3-1-2-4-6-9-13-21)20-27-18-16-25-23(17-19-29-25)26(27)22-14-10-7-11-15-22/h7,10-11,14-15,17,19,21,26H,1-6,8-9,12-13,16,18,20H2. The molecule has 1 aliphatic heterocycles. The van der Waals surface area contributed by atoms with Crippen LogP contribution in [0.5, 0.6) is 0 Å². The Morgan fingerprint density at radius 2 is 1.55 bits per heavy atom. The molecule has 3 heteroatoms. The first kappa shape index (κ1) is 20.8. The number of hydrogen-bond acceptors (Lipinski definition) is 3. The molecule has 4 rings (SSSR count). The third kappa shape index (κ3) is 5.38. The lowest BCUT2D eigenvalue weighted by molar-refractivity contribution is -0.125. The molecule has 0 bridgehead atoms. The summed E-state index contributed by atoms with van der Waals surface area (Å²) in [6, 6.07) is 13.3. The summed E-state index contributed by atoms with van der Waals surface area (Å²) in [5, 5.41) is 2.22. The van der Waals surface area contributed by atoms with Gasteiger partial charge in [0.25, 0.3) is 0 Å². The fourth-order valence-corrected chi connectivity index (χ4v) is 6.11. The van der Waals surface area contributed by atoms with Gasteiger partial charge in [0.1, 0.15) is 5.78 Å². The van der Waals surface area contributed by atoms with Crippen molar-refractivity contribution >= 4 is 17.1 Å². The average Bonchev–Trinajstić information content (AvgIpc) is 3.19. The van der Waals surface area contributed by atoms with Crippen LogP contribution in [-0.4, -0.2) is 23.8 Å². The quantitative estimate of drug-likeness (QED) is 0.554. The van der Waals surface area contributed by atoms with E-state index < -0.39 is 0 Å². The number of carbonyl (C=O) groups excluding carboxylic acids is 1. The summed E-state index contributed by atoms with van der Waals surface area (Å²) < 4.78 is 0. The first-order chi connectivity index (χ1) is 14.3. The highest BCUT2D eigenvalue weighted by Gasteiger charge is 2.32. The third-order valence-corrected chi connectivity index (χ3v) is 7.85. The molecule has 0 amide bonds. The lowest BCUT2D eigenvalue weighted by Gasteiger charge is -2.36. The minimum absolute atomic E-state index is 0.234. The van der Waals surface area contributed by atoms with Crippen LogP contribution in [0, 0.1) is 5.92 Å². The molecule has 0 N–H and O–H groups in total. The van der Waals surface area contributed by atoms with Gasteiger partial charge in [0.2, 0.25) is 0 Å².